The third kappa shape index (κ3) is 9.38. The maximum Gasteiger partial charge on any atom is 0.137 e. The average molecular weight is 419 g/mol. The number of benzene rings is 3. The van der Waals surface area contributed by atoms with Crippen LogP contribution in [0.2, 0.25) is 0 Å². The van der Waals surface area contributed by atoms with E-state index in [0.29, 0.717) is 19.4 Å². The van der Waals surface area contributed by atoms with Crippen molar-refractivity contribution >= 4 is 12.6 Å². The number of hydrogen-bond donors (Lipinski definition) is 2. The third-order valence-electron chi connectivity index (χ3n) is 4.58. The van der Waals surface area contributed by atoms with Crippen LogP contribution in [-0.2, 0) is 29.0 Å². The SMILES string of the molecule is Cc1ccc(C[C@H](N)C=O)cc1.NC(C=O)Cc1ccc(OCc2ccccc2)cc1. The summed E-state index contributed by atoms with van der Waals surface area (Å²) in [6.45, 7) is 2.58. The second-order valence-electron chi connectivity index (χ2n) is 7.41. The summed E-state index contributed by atoms with van der Waals surface area (Å²) in [7, 11) is 0. The number of carbonyl (C=O) groups excluding carboxylic acids is 2. The van der Waals surface area contributed by atoms with E-state index in [2.05, 4.69) is 0 Å². The Morgan fingerprint density at radius 2 is 1.19 bits per heavy atom. The molecule has 4 N–H and O–H groups in total. The Hall–Kier alpha value is -3.28. The van der Waals surface area contributed by atoms with Crippen LogP contribution >= 0.6 is 0 Å². The van der Waals surface area contributed by atoms with Crippen molar-refractivity contribution in [2.24, 2.45) is 11.5 Å². The molecule has 3 rings (SSSR count). The lowest BCUT2D eigenvalue weighted by molar-refractivity contribution is -0.109. The number of ether oxygens (including phenoxy) is 1. The molecule has 0 saturated carbocycles. The number of hydrogen-bond acceptors (Lipinski definition) is 5. The highest BCUT2D eigenvalue weighted by atomic mass is 16.5. The average Bonchev–Trinajstić information content (AvgIpc) is 2.81. The smallest absolute Gasteiger partial charge is 0.137 e. The van der Waals surface area contributed by atoms with Crippen molar-refractivity contribution in [1.82, 2.24) is 0 Å². The van der Waals surface area contributed by atoms with Gasteiger partial charge in [-0.15, -0.1) is 0 Å². The van der Waals surface area contributed by atoms with E-state index < -0.39 is 6.04 Å². The van der Waals surface area contributed by atoms with Crippen molar-refractivity contribution in [1.29, 1.82) is 0 Å². The molecule has 0 spiro atoms. The number of carbonyl (C=O) groups is 2. The van der Waals surface area contributed by atoms with Crippen molar-refractivity contribution in [3.63, 3.8) is 0 Å². The molecular weight excluding hydrogens is 388 g/mol. The van der Waals surface area contributed by atoms with E-state index in [1.165, 1.54) is 5.56 Å². The van der Waals surface area contributed by atoms with E-state index in [0.717, 1.165) is 35.0 Å². The first-order valence-corrected chi connectivity index (χ1v) is 10.2. The molecule has 5 nitrogen and oxygen atoms in total. The van der Waals surface area contributed by atoms with E-state index in [4.69, 9.17) is 16.2 Å². The Labute approximate surface area is 184 Å². The Balaban J connectivity index is 0.000000245. The normalized spacial score (nSPS) is 12.1. The molecule has 0 aliphatic carbocycles. The lowest BCUT2D eigenvalue weighted by atomic mass is 10.1. The molecule has 0 radical (unpaired) electrons. The predicted molar refractivity (Wildman–Crippen MR) is 124 cm³/mol. The van der Waals surface area contributed by atoms with Gasteiger partial charge in [-0.25, -0.2) is 0 Å². The largest absolute Gasteiger partial charge is 0.489 e. The van der Waals surface area contributed by atoms with Crippen molar-refractivity contribution in [3.05, 3.63) is 101 Å². The zero-order chi connectivity index (χ0) is 22.5. The summed E-state index contributed by atoms with van der Waals surface area (Å²) in [5, 5.41) is 0. The van der Waals surface area contributed by atoms with Gasteiger partial charge < -0.3 is 25.8 Å². The fourth-order valence-electron chi connectivity index (χ4n) is 2.83. The van der Waals surface area contributed by atoms with Crippen LogP contribution in [0.5, 0.6) is 5.75 Å². The summed E-state index contributed by atoms with van der Waals surface area (Å²) in [5.41, 5.74) is 15.6. The minimum atomic E-state index is -0.434. The lowest BCUT2D eigenvalue weighted by Gasteiger charge is -2.08. The van der Waals surface area contributed by atoms with Crippen molar-refractivity contribution in [3.8, 4) is 5.75 Å². The first-order chi connectivity index (χ1) is 15.0. The predicted octanol–water partition coefficient (Wildman–Crippen LogP) is 3.40. The molecule has 0 heterocycles. The third-order valence-corrected chi connectivity index (χ3v) is 4.58. The first kappa shape index (κ1) is 24.0. The highest BCUT2D eigenvalue weighted by Gasteiger charge is 2.03. The molecule has 0 aliphatic rings. The van der Waals surface area contributed by atoms with E-state index in [1.807, 2.05) is 85.8 Å². The van der Waals surface area contributed by atoms with E-state index in [9.17, 15) is 9.59 Å². The van der Waals surface area contributed by atoms with Gasteiger partial charge in [-0.1, -0.05) is 72.3 Å². The zero-order valence-corrected chi connectivity index (χ0v) is 17.8. The van der Waals surface area contributed by atoms with Crippen LogP contribution in [0, 0.1) is 6.92 Å². The fourth-order valence-corrected chi connectivity index (χ4v) is 2.83. The van der Waals surface area contributed by atoms with E-state index in [1.54, 1.807) is 0 Å². The van der Waals surface area contributed by atoms with Crippen molar-refractivity contribution in [2.45, 2.75) is 38.5 Å². The summed E-state index contributed by atoms with van der Waals surface area (Å²) < 4.78 is 5.68. The lowest BCUT2D eigenvalue weighted by Crippen LogP contribution is -2.23. The molecule has 2 atom stereocenters. The summed E-state index contributed by atoms with van der Waals surface area (Å²) in [6, 6.07) is 24.9. The molecule has 0 saturated heterocycles. The number of aryl methyl sites for hydroxylation is 1. The summed E-state index contributed by atoms with van der Waals surface area (Å²) >= 11 is 0. The maximum absolute atomic E-state index is 10.5. The van der Waals surface area contributed by atoms with Gasteiger partial charge in [-0.05, 0) is 48.6 Å². The van der Waals surface area contributed by atoms with Crippen LogP contribution in [0.4, 0.5) is 0 Å². The number of rotatable bonds is 9. The Morgan fingerprint density at radius 1 is 0.710 bits per heavy atom. The zero-order valence-electron chi connectivity index (χ0n) is 17.8. The molecule has 0 amide bonds. The van der Waals surface area contributed by atoms with Crippen molar-refractivity contribution < 1.29 is 14.3 Å². The van der Waals surface area contributed by atoms with Gasteiger partial charge in [-0.3, -0.25) is 0 Å². The van der Waals surface area contributed by atoms with Crippen LogP contribution in [0.15, 0.2) is 78.9 Å². The molecular formula is C26H30N2O3. The Morgan fingerprint density at radius 3 is 1.68 bits per heavy atom. The van der Waals surface area contributed by atoms with Gasteiger partial charge >= 0.3 is 0 Å². The topological polar surface area (TPSA) is 95.4 Å². The Bertz CT molecular complexity index is 910. The molecule has 1 unspecified atom stereocenters. The molecule has 162 valence electrons. The molecule has 31 heavy (non-hydrogen) atoms. The molecule has 5 heteroatoms. The van der Waals surface area contributed by atoms with E-state index in [-0.39, 0.29) is 6.04 Å². The first-order valence-electron chi connectivity index (χ1n) is 10.2. The second-order valence-corrected chi connectivity index (χ2v) is 7.41. The number of nitrogens with two attached hydrogens (primary N) is 2. The van der Waals surface area contributed by atoms with Crippen LogP contribution in [-0.4, -0.2) is 24.7 Å². The van der Waals surface area contributed by atoms with Gasteiger partial charge in [0, 0.05) is 0 Å². The standard InChI is InChI=1S/C16H17NO2.C10H13NO/c17-15(11-18)10-13-6-8-16(9-7-13)19-12-14-4-2-1-3-5-14;1-8-2-4-9(5-3-8)6-10(11)7-12/h1-9,11,15H,10,12,17H2;2-5,7,10H,6,11H2,1H3/t;10-/m.0/s1. The van der Waals surface area contributed by atoms with Crippen LogP contribution < -0.4 is 16.2 Å². The van der Waals surface area contributed by atoms with E-state index >= 15 is 0 Å². The Kier molecular flexibility index (Phi) is 10.1. The fraction of sp³-hybridized carbons (Fsp3) is 0.231. The maximum atomic E-state index is 10.5. The summed E-state index contributed by atoms with van der Waals surface area (Å²) in [5.74, 6) is 0.812. The van der Waals surface area contributed by atoms with Crippen LogP contribution in [0.3, 0.4) is 0 Å². The number of aldehydes is 2. The monoisotopic (exact) mass is 418 g/mol. The minimum Gasteiger partial charge on any atom is -0.489 e. The van der Waals surface area contributed by atoms with Crippen LogP contribution in [0.25, 0.3) is 0 Å². The summed E-state index contributed by atoms with van der Waals surface area (Å²) in [6.07, 6.45) is 2.73. The van der Waals surface area contributed by atoms with Gasteiger partial charge in [0.1, 0.15) is 24.9 Å². The van der Waals surface area contributed by atoms with Gasteiger partial charge in [0.2, 0.25) is 0 Å². The molecule has 0 fully saturated rings. The molecule has 0 aromatic heterocycles. The molecule has 3 aromatic rings. The highest BCUT2D eigenvalue weighted by molar-refractivity contribution is 5.58. The van der Waals surface area contributed by atoms with Gasteiger partial charge in [0.25, 0.3) is 0 Å². The molecule has 0 aliphatic heterocycles. The molecule has 3 aromatic carbocycles. The van der Waals surface area contributed by atoms with Gasteiger partial charge in [-0.2, -0.15) is 0 Å². The second kappa shape index (κ2) is 13.1. The summed E-state index contributed by atoms with van der Waals surface area (Å²) in [4.78, 5) is 20.7. The van der Waals surface area contributed by atoms with Crippen LogP contribution in [0.1, 0.15) is 22.3 Å². The van der Waals surface area contributed by atoms with Gasteiger partial charge in [0.15, 0.2) is 0 Å². The van der Waals surface area contributed by atoms with Crippen molar-refractivity contribution in [2.75, 3.05) is 0 Å². The minimum absolute atomic E-state index is 0.368. The molecule has 0 bridgehead atoms. The quantitative estimate of drug-likeness (QED) is 0.519. The highest BCUT2D eigenvalue weighted by Crippen LogP contribution is 2.15. The van der Waals surface area contributed by atoms with Gasteiger partial charge in [0.05, 0.1) is 12.1 Å².